The lowest BCUT2D eigenvalue weighted by molar-refractivity contribution is -0.0721. The summed E-state index contributed by atoms with van der Waals surface area (Å²) in [6.07, 6.45) is 0.458. The Morgan fingerprint density at radius 3 is 2.48 bits per heavy atom. The standard InChI is InChI=1S/C15H18ClN3O2/c1-10-7-19(8-11(2)20-10)9-14-17-18-15(21-14)12-3-5-13(16)6-4-12/h3-6,10-11H,7-9H2,1-2H3/t10-,11+. The first-order valence-electron chi connectivity index (χ1n) is 7.06. The number of morpholine rings is 1. The van der Waals surface area contributed by atoms with Crippen molar-refractivity contribution in [2.45, 2.75) is 32.6 Å². The molecule has 1 aromatic heterocycles. The van der Waals surface area contributed by atoms with Crippen LogP contribution < -0.4 is 0 Å². The Labute approximate surface area is 128 Å². The molecule has 1 saturated heterocycles. The molecule has 1 aliphatic rings. The molecule has 6 heteroatoms. The Bertz CT molecular complexity index is 589. The summed E-state index contributed by atoms with van der Waals surface area (Å²) in [7, 11) is 0. The average Bonchev–Trinajstić information content (AvgIpc) is 2.87. The average molecular weight is 308 g/mol. The zero-order valence-electron chi connectivity index (χ0n) is 12.1. The van der Waals surface area contributed by atoms with Crippen molar-refractivity contribution in [1.29, 1.82) is 0 Å². The molecule has 2 heterocycles. The van der Waals surface area contributed by atoms with Gasteiger partial charge >= 0.3 is 0 Å². The van der Waals surface area contributed by atoms with Crippen LogP contribution in [0, 0.1) is 0 Å². The highest BCUT2D eigenvalue weighted by Gasteiger charge is 2.23. The number of nitrogens with zero attached hydrogens (tertiary/aromatic N) is 3. The topological polar surface area (TPSA) is 51.4 Å². The van der Waals surface area contributed by atoms with Crippen LogP contribution >= 0.6 is 11.6 Å². The van der Waals surface area contributed by atoms with Crippen LogP contribution in [0.25, 0.3) is 11.5 Å². The molecule has 21 heavy (non-hydrogen) atoms. The molecule has 0 radical (unpaired) electrons. The molecule has 0 spiro atoms. The van der Waals surface area contributed by atoms with Gasteiger partial charge in [-0.15, -0.1) is 10.2 Å². The molecule has 0 saturated carbocycles. The first-order valence-corrected chi connectivity index (χ1v) is 7.44. The zero-order valence-corrected chi connectivity index (χ0v) is 12.9. The number of ether oxygens (including phenoxy) is 1. The van der Waals surface area contributed by atoms with Gasteiger partial charge in [-0.2, -0.15) is 0 Å². The Morgan fingerprint density at radius 2 is 1.81 bits per heavy atom. The van der Waals surface area contributed by atoms with E-state index in [1.165, 1.54) is 0 Å². The van der Waals surface area contributed by atoms with Crippen molar-refractivity contribution in [2.75, 3.05) is 13.1 Å². The highest BCUT2D eigenvalue weighted by atomic mass is 35.5. The van der Waals surface area contributed by atoms with Gasteiger partial charge in [0.25, 0.3) is 0 Å². The maximum absolute atomic E-state index is 5.88. The van der Waals surface area contributed by atoms with Gasteiger partial charge in [0.15, 0.2) is 0 Å². The summed E-state index contributed by atoms with van der Waals surface area (Å²) in [4.78, 5) is 2.28. The molecule has 0 amide bonds. The lowest BCUT2D eigenvalue weighted by atomic mass is 10.2. The normalized spacial score (nSPS) is 23.4. The molecule has 0 aliphatic carbocycles. The third kappa shape index (κ3) is 3.61. The second-order valence-corrected chi connectivity index (χ2v) is 5.90. The molecular weight excluding hydrogens is 290 g/mol. The molecular formula is C15H18ClN3O2. The molecule has 3 rings (SSSR count). The molecule has 0 bridgehead atoms. The minimum absolute atomic E-state index is 0.229. The number of halogens is 1. The molecule has 0 unspecified atom stereocenters. The summed E-state index contributed by atoms with van der Waals surface area (Å²) in [6, 6.07) is 7.37. The predicted octanol–water partition coefficient (Wildman–Crippen LogP) is 3.00. The maximum atomic E-state index is 5.88. The minimum atomic E-state index is 0.229. The van der Waals surface area contributed by atoms with Crippen LogP contribution in [0.2, 0.25) is 5.02 Å². The van der Waals surface area contributed by atoms with Gasteiger partial charge in [0, 0.05) is 23.7 Å². The Hall–Kier alpha value is -1.43. The van der Waals surface area contributed by atoms with Gasteiger partial charge in [-0.05, 0) is 38.1 Å². The monoisotopic (exact) mass is 307 g/mol. The van der Waals surface area contributed by atoms with E-state index >= 15 is 0 Å². The van der Waals surface area contributed by atoms with Gasteiger partial charge in [0.05, 0.1) is 18.8 Å². The van der Waals surface area contributed by atoms with Gasteiger partial charge in [0.1, 0.15) is 0 Å². The van der Waals surface area contributed by atoms with Crippen LogP contribution in [0.5, 0.6) is 0 Å². The van der Waals surface area contributed by atoms with E-state index < -0.39 is 0 Å². The second-order valence-electron chi connectivity index (χ2n) is 5.46. The van der Waals surface area contributed by atoms with E-state index in [4.69, 9.17) is 20.8 Å². The van der Waals surface area contributed by atoms with Crippen LogP contribution in [0.15, 0.2) is 28.7 Å². The van der Waals surface area contributed by atoms with Crippen molar-refractivity contribution in [2.24, 2.45) is 0 Å². The van der Waals surface area contributed by atoms with Crippen molar-refractivity contribution in [3.05, 3.63) is 35.2 Å². The smallest absolute Gasteiger partial charge is 0.247 e. The number of hydrogen-bond acceptors (Lipinski definition) is 5. The van der Waals surface area contributed by atoms with E-state index in [0.717, 1.165) is 18.7 Å². The quantitative estimate of drug-likeness (QED) is 0.872. The Kier molecular flexibility index (Phi) is 4.24. The van der Waals surface area contributed by atoms with Crippen molar-refractivity contribution < 1.29 is 9.15 Å². The molecule has 2 atom stereocenters. The molecule has 1 fully saturated rings. The highest BCUT2D eigenvalue weighted by Crippen LogP contribution is 2.21. The molecule has 0 N–H and O–H groups in total. The predicted molar refractivity (Wildman–Crippen MR) is 80.0 cm³/mol. The molecule has 1 aromatic carbocycles. The largest absolute Gasteiger partial charge is 0.419 e. The summed E-state index contributed by atoms with van der Waals surface area (Å²) in [5, 5.41) is 8.92. The van der Waals surface area contributed by atoms with Crippen LogP contribution in [0.3, 0.4) is 0 Å². The third-order valence-electron chi connectivity index (χ3n) is 3.41. The van der Waals surface area contributed by atoms with E-state index in [0.29, 0.717) is 23.3 Å². The van der Waals surface area contributed by atoms with E-state index in [2.05, 4.69) is 28.9 Å². The van der Waals surface area contributed by atoms with Crippen molar-refractivity contribution >= 4 is 11.6 Å². The van der Waals surface area contributed by atoms with E-state index in [-0.39, 0.29) is 12.2 Å². The summed E-state index contributed by atoms with van der Waals surface area (Å²) in [6.45, 7) is 6.57. The summed E-state index contributed by atoms with van der Waals surface area (Å²) in [5.74, 6) is 1.15. The number of aromatic nitrogens is 2. The van der Waals surface area contributed by atoms with Gasteiger partial charge < -0.3 is 9.15 Å². The molecule has 112 valence electrons. The Balaban J connectivity index is 1.69. The third-order valence-corrected chi connectivity index (χ3v) is 3.66. The first kappa shape index (κ1) is 14.5. The van der Waals surface area contributed by atoms with E-state index in [1.807, 2.05) is 24.3 Å². The summed E-state index contributed by atoms with van der Waals surface area (Å²) in [5.41, 5.74) is 0.877. The molecule has 1 aliphatic heterocycles. The number of benzene rings is 1. The van der Waals surface area contributed by atoms with Crippen molar-refractivity contribution in [1.82, 2.24) is 15.1 Å². The lowest BCUT2D eigenvalue weighted by Crippen LogP contribution is -2.44. The second kappa shape index (κ2) is 6.13. The van der Waals surface area contributed by atoms with Crippen LogP contribution in [-0.4, -0.2) is 40.4 Å². The highest BCUT2D eigenvalue weighted by molar-refractivity contribution is 6.30. The van der Waals surface area contributed by atoms with Gasteiger partial charge in [-0.1, -0.05) is 11.6 Å². The van der Waals surface area contributed by atoms with Gasteiger partial charge in [0.2, 0.25) is 11.8 Å². The van der Waals surface area contributed by atoms with Crippen LogP contribution in [0.4, 0.5) is 0 Å². The minimum Gasteiger partial charge on any atom is -0.419 e. The molecule has 5 nitrogen and oxygen atoms in total. The number of hydrogen-bond donors (Lipinski definition) is 0. The van der Waals surface area contributed by atoms with E-state index in [9.17, 15) is 0 Å². The van der Waals surface area contributed by atoms with Gasteiger partial charge in [-0.3, -0.25) is 4.90 Å². The summed E-state index contributed by atoms with van der Waals surface area (Å²) < 4.78 is 11.5. The van der Waals surface area contributed by atoms with E-state index in [1.54, 1.807) is 0 Å². The fraction of sp³-hybridized carbons (Fsp3) is 0.467. The van der Waals surface area contributed by atoms with Crippen LogP contribution in [0.1, 0.15) is 19.7 Å². The number of rotatable bonds is 3. The summed E-state index contributed by atoms with van der Waals surface area (Å²) >= 11 is 5.88. The molecule has 2 aromatic rings. The van der Waals surface area contributed by atoms with Crippen LogP contribution in [-0.2, 0) is 11.3 Å². The van der Waals surface area contributed by atoms with Crippen molar-refractivity contribution in [3.8, 4) is 11.5 Å². The lowest BCUT2D eigenvalue weighted by Gasteiger charge is -2.34. The SMILES string of the molecule is C[C@@H]1CN(Cc2nnc(-c3ccc(Cl)cc3)o2)C[C@H](C)O1. The Morgan fingerprint density at radius 1 is 1.14 bits per heavy atom. The fourth-order valence-electron chi connectivity index (χ4n) is 2.63. The maximum Gasteiger partial charge on any atom is 0.247 e. The first-order chi connectivity index (χ1) is 10.1. The van der Waals surface area contributed by atoms with Crippen molar-refractivity contribution in [3.63, 3.8) is 0 Å². The zero-order chi connectivity index (χ0) is 14.8. The van der Waals surface area contributed by atoms with Gasteiger partial charge in [-0.25, -0.2) is 0 Å². The fourth-order valence-corrected chi connectivity index (χ4v) is 2.76.